The van der Waals surface area contributed by atoms with Gasteiger partial charge in [0, 0.05) is 18.2 Å². The molecule has 0 spiro atoms. The highest BCUT2D eigenvalue weighted by Crippen LogP contribution is 2.33. The number of carbonyl (C=O) groups is 1. The summed E-state index contributed by atoms with van der Waals surface area (Å²) in [5.41, 5.74) is 8.14. The highest BCUT2D eigenvalue weighted by Gasteiger charge is 2.20. The van der Waals surface area contributed by atoms with Crippen molar-refractivity contribution in [2.45, 2.75) is 40.5 Å². The number of nitrogens with one attached hydrogen (secondary N) is 2. The zero-order chi connectivity index (χ0) is 21.4. The van der Waals surface area contributed by atoms with E-state index < -0.39 is 18.1 Å². The quantitative estimate of drug-likeness (QED) is 0.591. The second kappa shape index (κ2) is 10.6. The number of hydrogen-bond acceptors (Lipinski definition) is 5. The second-order valence-electron chi connectivity index (χ2n) is 5.98. The number of nitrogens with two attached hydrogens (primary N) is 1. The lowest BCUT2D eigenvalue weighted by molar-refractivity contribution is 0.0964. The van der Waals surface area contributed by atoms with Gasteiger partial charge in [-0.3, -0.25) is 4.79 Å². The summed E-state index contributed by atoms with van der Waals surface area (Å²) in [5.74, 6) is -0.922. The predicted molar refractivity (Wildman–Crippen MR) is 108 cm³/mol. The average molecular weight is 412 g/mol. The van der Waals surface area contributed by atoms with Crippen molar-refractivity contribution in [3.05, 3.63) is 46.5 Å². The Hall–Kier alpha value is -2.68. The van der Waals surface area contributed by atoms with E-state index in [0.717, 1.165) is 28.7 Å². The summed E-state index contributed by atoms with van der Waals surface area (Å²) >= 11 is 1.06. The first kappa shape index (κ1) is 23.4. The Kier molecular flexibility index (Phi) is 8.84. The van der Waals surface area contributed by atoms with Crippen LogP contribution in [-0.4, -0.2) is 23.5 Å². The highest BCUT2D eigenvalue weighted by molar-refractivity contribution is 7.19. The monoisotopic (exact) mass is 412 g/mol. The number of aryl methyl sites for hydroxylation is 1. The van der Waals surface area contributed by atoms with Crippen LogP contribution in [0.3, 0.4) is 0 Å². The van der Waals surface area contributed by atoms with Crippen LogP contribution in [0, 0.1) is 18.2 Å². The molecule has 0 saturated carbocycles. The lowest BCUT2D eigenvalue weighted by atomic mass is 10.1. The van der Waals surface area contributed by atoms with Crippen LogP contribution in [-0.2, 0) is 0 Å². The highest BCUT2D eigenvalue weighted by atomic mass is 32.1. The third-order valence-electron chi connectivity index (χ3n) is 3.54. The fourth-order valence-electron chi connectivity index (χ4n) is 1.99. The molecule has 4 N–H and O–H groups in total. The van der Waals surface area contributed by atoms with E-state index >= 15 is 0 Å². The zero-order valence-electron chi connectivity index (χ0n) is 16.1. The summed E-state index contributed by atoms with van der Waals surface area (Å²) in [7, 11) is 0. The number of amides is 1. The molecule has 1 aromatic carbocycles. The Morgan fingerprint density at radius 1 is 1.39 bits per heavy atom. The number of aromatic nitrogens is 1. The Balaban J connectivity index is 0.000000696. The van der Waals surface area contributed by atoms with Crippen LogP contribution in [0.4, 0.5) is 18.2 Å². The molecular formula is C19H23F3N4OS. The van der Waals surface area contributed by atoms with Gasteiger partial charge < -0.3 is 16.5 Å². The SMILES string of the molecule is CC(C)=C(C=N)NC(=O)c1nc(-c2c(C)cccc2F)sc1N.CCC(F)F. The molecule has 5 nitrogen and oxygen atoms in total. The number of carbonyl (C=O) groups excluding carboxylic acids is 1. The number of benzene rings is 1. The molecule has 0 aliphatic carbocycles. The Bertz CT molecular complexity index is 854. The Morgan fingerprint density at radius 2 is 2.00 bits per heavy atom. The van der Waals surface area contributed by atoms with E-state index in [9.17, 15) is 18.0 Å². The van der Waals surface area contributed by atoms with E-state index in [1.807, 2.05) is 0 Å². The lowest BCUT2D eigenvalue weighted by Crippen LogP contribution is -2.25. The normalized spacial score (nSPS) is 10.1. The zero-order valence-corrected chi connectivity index (χ0v) is 16.9. The van der Waals surface area contributed by atoms with Crippen molar-refractivity contribution in [2.75, 3.05) is 5.73 Å². The van der Waals surface area contributed by atoms with Gasteiger partial charge in [0.05, 0.1) is 5.70 Å². The van der Waals surface area contributed by atoms with Crippen molar-refractivity contribution in [3.8, 4) is 10.6 Å². The fourth-order valence-corrected chi connectivity index (χ4v) is 2.93. The molecule has 0 bridgehead atoms. The largest absolute Gasteiger partial charge is 0.389 e. The number of anilines is 1. The first-order valence-corrected chi connectivity index (χ1v) is 9.23. The average Bonchev–Trinajstić information content (AvgIpc) is 3.00. The van der Waals surface area contributed by atoms with Gasteiger partial charge in [0.15, 0.2) is 5.69 Å². The van der Waals surface area contributed by atoms with E-state index in [1.54, 1.807) is 32.9 Å². The molecule has 0 saturated heterocycles. The molecule has 2 aromatic rings. The first-order chi connectivity index (χ1) is 13.1. The van der Waals surface area contributed by atoms with Crippen LogP contribution in [0.5, 0.6) is 0 Å². The van der Waals surface area contributed by atoms with Crippen molar-refractivity contribution < 1.29 is 18.0 Å². The molecule has 0 aliphatic rings. The van der Waals surface area contributed by atoms with Crippen LogP contribution in [0.1, 0.15) is 43.2 Å². The van der Waals surface area contributed by atoms with E-state index in [-0.39, 0.29) is 17.1 Å². The van der Waals surface area contributed by atoms with Crippen LogP contribution in [0.2, 0.25) is 0 Å². The summed E-state index contributed by atoms with van der Waals surface area (Å²) in [4.78, 5) is 16.5. The maximum Gasteiger partial charge on any atom is 0.277 e. The molecule has 28 heavy (non-hydrogen) atoms. The third-order valence-corrected chi connectivity index (χ3v) is 4.45. The number of rotatable bonds is 5. The number of alkyl halides is 2. The van der Waals surface area contributed by atoms with Gasteiger partial charge in [-0.1, -0.05) is 36.0 Å². The van der Waals surface area contributed by atoms with Crippen molar-refractivity contribution in [1.29, 1.82) is 5.41 Å². The number of thiazole rings is 1. The van der Waals surface area contributed by atoms with Gasteiger partial charge in [-0.05, 0) is 32.4 Å². The third kappa shape index (κ3) is 6.19. The molecule has 0 fully saturated rings. The number of nitrogens with zero attached hydrogens (tertiary/aromatic N) is 1. The van der Waals surface area contributed by atoms with E-state index in [4.69, 9.17) is 11.1 Å². The fraction of sp³-hybridized carbons (Fsp3) is 0.316. The van der Waals surface area contributed by atoms with Gasteiger partial charge in [0.2, 0.25) is 6.43 Å². The summed E-state index contributed by atoms with van der Waals surface area (Å²) in [6.45, 7) is 6.77. The summed E-state index contributed by atoms with van der Waals surface area (Å²) in [6, 6.07) is 4.73. The van der Waals surface area contributed by atoms with E-state index in [0.29, 0.717) is 16.3 Å². The Morgan fingerprint density at radius 3 is 2.46 bits per heavy atom. The second-order valence-corrected chi connectivity index (χ2v) is 7.01. The Labute approximate surface area is 166 Å². The minimum atomic E-state index is -2.12. The smallest absolute Gasteiger partial charge is 0.277 e. The minimum Gasteiger partial charge on any atom is -0.389 e. The predicted octanol–water partition coefficient (Wildman–Crippen LogP) is 5.17. The van der Waals surface area contributed by atoms with Crippen molar-refractivity contribution >= 4 is 28.5 Å². The molecule has 1 heterocycles. The number of hydrogen-bond donors (Lipinski definition) is 3. The lowest BCUT2D eigenvalue weighted by Gasteiger charge is -2.06. The molecule has 1 amide bonds. The summed E-state index contributed by atoms with van der Waals surface area (Å²) in [5, 5.41) is 10.4. The molecule has 9 heteroatoms. The summed E-state index contributed by atoms with van der Waals surface area (Å²) in [6.07, 6.45) is -1.09. The molecule has 0 aliphatic heterocycles. The van der Waals surface area contributed by atoms with Crippen LogP contribution in [0.25, 0.3) is 10.6 Å². The van der Waals surface area contributed by atoms with Gasteiger partial charge in [0.25, 0.3) is 5.91 Å². The van der Waals surface area contributed by atoms with Gasteiger partial charge in [0.1, 0.15) is 15.8 Å². The minimum absolute atomic E-state index is 0.0278. The van der Waals surface area contributed by atoms with Crippen LogP contribution in [0.15, 0.2) is 29.5 Å². The van der Waals surface area contributed by atoms with E-state index in [2.05, 4.69) is 10.3 Å². The standard InChI is InChI=1S/C16H17FN4OS.C3H6F2/c1-8(2)11(7-18)20-15(22)13-14(19)23-16(21-13)12-9(3)5-4-6-10(12)17;1-2-3(4)5/h4-7,18H,19H2,1-3H3,(H,20,22);3H,2H2,1H3. The maximum atomic E-state index is 14.0. The van der Waals surface area contributed by atoms with Gasteiger partial charge in [-0.25, -0.2) is 18.2 Å². The molecular weight excluding hydrogens is 389 g/mol. The number of allylic oxidation sites excluding steroid dienone is 2. The van der Waals surface area contributed by atoms with Crippen molar-refractivity contribution in [1.82, 2.24) is 10.3 Å². The molecule has 0 atom stereocenters. The number of halogens is 3. The summed E-state index contributed by atoms with van der Waals surface area (Å²) < 4.78 is 35.6. The van der Waals surface area contributed by atoms with Crippen molar-refractivity contribution in [3.63, 3.8) is 0 Å². The first-order valence-electron chi connectivity index (χ1n) is 8.41. The molecule has 0 unspecified atom stereocenters. The van der Waals surface area contributed by atoms with Crippen molar-refractivity contribution in [2.24, 2.45) is 0 Å². The van der Waals surface area contributed by atoms with Gasteiger partial charge in [-0.2, -0.15) is 0 Å². The molecule has 0 radical (unpaired) electrons. The maximum absolute atomic E-state index is 14.0. The molecule has 1 aromatic heterocycles. The topological polar surface area (TPSA) is 91.9 Å². The van der Waals surface area contributed by atoms with Gasteiger partial charge in [-0.15, -0.1) is 0 Å². The molecule has 152 valence electrons. The molecule has 2 rings (SSSR count). The number of nitrogen functional groups attached to an aromatic ring is 1. The van der Waals surface area contributed by atoms with Crippen LogP contribution >= 0.6 is 11.3 Å². The van der Waals surface area contributed by atoms with E-state index in [1.165, 1.54) is 13.0 Å². The van der Waals surface area contributed by atoms with Gasteiger partial charge >= 0.3 is 0 Å². The van der Waals surface area contributed by atoms with Crippen LogP contribution < -0.4 is 11.1 Å².